The molecular weight excluding hydrogens is 328 g/mol. The second-order valence-corrected chi connectivity index (χ2v) is 7.81. The number of benzene rings is 1. The molecule has 2 saturated heterocycles. The SMILES string of the molecule is CSc1ccc(C2SCC(=O)N2CCCN2CCCC2=O)cc1. The van der Waals surface area contributed by atoms with Crippen molar-refractivity contribution in [2.24, 2.45) is 0 Å². The van der Waals surface area contributed by atoms with Crippen LogP contribution in [-0.2, 0) is 9.59 Å². The number of carbonyl (C=O) groups excluding carboxylic acids is 2. The summed E-state index contributed by atoms with van der Waals surface area (Å²) in [6.45, 7) is 2.37. The molecule has 0 aromatic heterocycles. The van der Waals surface area contributed by atoms with Crippen molar-refractivity contribution >= 4 is 35.3 Å². The lowest BCUT2D eigenvalue weighted by Crippen LogP contribution is -2.33. The van der Waals surface area contributed by atoms with Crippen LogP contribution in [0.3, 0.4) is 0 Å². The van der Waals surface area contributed by atoms with Crippen molar-refractivity contribution in [3.63, 3.8) is 0 Å². The second kappa shape index (κ2) is 7.62. The van der Waals surface area contributed by atoms with E-state index in [0.717, 1.165) is 32.5 Å². The van der Waals surface area contributed by atoms with Crippen LogP contribution in [0.25, 0.3) is 0 Å². The molecule has 0 spiro atoms. The third kappa shape index (κ3) is 3.86. The summed E-state index contributed by atoms with van der Waals surface area (Å²) in [5.74, 6) is 1.02. The predicted octanol–water partition coefficient (Wildman–Crippen LogP) is 3.00. The molecule has 1 aromatic rings. The third-order valence-corrected chi connectivity index (χ3v) is 6.37. The average Bonchev–Trinajstić information content (AvgIpc) is 3.14. The van der Waals surface area contributed by atoms with Crippen LogP contribution in [0, 0.1) is 0 Å². The van der Waals surface area contributed by atoms with E-state index in [-0.39, 0.29) is 17.2 Å². The maximum absolute atomic E-state index is 12.2. The number of rotatable bonds is 6. The number of amides is 2. The summed E-state index contributed by atoms with van der Waals surface area (Å²) in [5, 5.41) is 0.118. The molecule has 2 aliphatic heterocycles. The maximum atomic E-state index is 12.2. The standard InChI is InChI=1S/C17H22N2O2S2/c1-22-14-7-5-13(6-8-14)17-19(16(21)12-23-17)11-3-10-18-9-2-4-15(18)20/h5-8,17H,2-4,9-12H2,1H3. The van der Waals surface area contributed by atoms with Crippen LogP contribution in [0.4, 0.5) is 0 Å². The first-order valence-electron chi connectivity index (χ1n) is 8.02. The van der Waals surface area contributed by atoms with Gasteiger partial charge in [0.2, 0.25) is 11.8 Å². The van der Waals surface area contributed by atoms with Gasteiger partial charge in [-0.05, 0) is 36.8 Å². The van der Waals surface area contributed by atoms with Gasteiger partial charge in [0.15, 0.2) is 0 Å². The lowest BCUT2D eigenvalue weighted by molar-refractivity contribution is -0.128. The Labute approximate surface area is 146 Å². The first-order chi connectivity index (χ1) is 11.2. The van der Waals surface area contributed by atoms with Gasteiger partial charge in [-0.2, -0.15) is 0 Å². The molecule has 1 atom stereocenters. The molecule has 1 aromatic carbocycles. The number of likely N-dealkylation sites (tertiary alicyclic amines) is 1. The number of carbonyl (C=O) groups is 2. The Kier molecular flexibility index (Phi) is 5.54. The molecular formula is C17H22N2O2S2. The smallest absolute Gasteiger partial charge is 0.233 e. The molecule has 2 amide bonds. The van der Waals surface area contributed by atoms with E-state index < -0.39 is 0 Å². The van der Waals surface area contributed by atoms with Crippen LogP contribution in [0.15, 0.2) is 29.2 Å². The Morgan fingerprint density at radius 3 is 2.61 bits per heavy atom. The van der Waals surface area contributed by atoms with Gasteiger partial charge in [-0.25, -0.2) is 0 Å². The number of thioether (sulfide) groups is 2. The summed E-state index contributed by atoms with van der Waals surface area (Å²) in [7, 11) is 0. The Hall–Kier alpha value is -1.14. The van der Waals surface area contributed by atoms with E-state index in [1.54, 1.807) is 23.5 Å². The molecule has 23 heavy (non-hydrogen) atoms. The Morgan fingerprint density at radius 1 is 1.17 bits per heavy atom. The molecule has 6 heteroatoms. The largest absolute Gasteiger partial charge is 0.343 e. The van der Waals surface area contributed by atoms with Crippen molar-refractivity contribution in [2.45, 2.75) is 29.5 Å². The van der Waals surface area contributed by atoms with Crippen molar-refractivity contribution in [1.82, 2.24) is 9.80 Å². The molecule has 0 N–H and O–H groups in total. The van der Waals surface area contributed by atoms with Crippen molar-refractivity contribution in [3.8, 4) is 0 Å². The zero-order valence-corrected chi connectivity index (χ0v) is 15.0. The molecule has 0 radical (unpaired) electrons. The monoisotopic (exact) mass is 350 g/mol. The predicted molar refractivity (Wildman–Crippen MR) is 95.6 cm³/mol. The molecule has 4 nitrogen and oxygen atoms in total. The minimum absolute atomic E-state index is 0.118. The van der Waals surface area contributed by atoms with E-state index in [1.807, 2.05) is 9.80 Å². The van der Waals surface area contributed by atoms with Crippen molar-refractivity contribution < 1.29 is 9.59 Å². The highest BCUT2D eigenvalue weighted by Crippen LogP contribution is 2.39. The highest BCUT2D eigenvalue weighted by Gasteiger charge is 2.32. The van der Waals surface area contributed by atoms with Gasteiger partial charge < -0.3 is 9.80 Å². The molecule has 0 bridgehead atoms. The van der Waals surface area contributed by atoms with Crippen LogP contribution in [0.5, 0.6) is 0 Å². The fourth-order valence-corrected chi connectivity index (χ4v) is 4.74. The van der Waals surface area contributed by atoms with E-state index in [2.05, 4.69) is 30.5 Å². The van der Waals surface area contributed by atoms with Crippen LogP contribution in [0.2, 0.25) is 0 Å². The van der Waals surface area contributed by atoms with Crippen LogP contribution in [-0.4, -0.2) is 53.3 Å². The third-order valence-electron chi connectivity index (χ3n) is 4.37. The average molecular weight is 351 g/mol. The fraction of sp³-hybridized carbons (Fsp3) is 0.529. The lowest BCUT2D eigenvalue weighted by Gasteiger charge is -2.25. The highest BCUT2D eigenvalue weighted by molar-refractivity contribution is 8.00. The molecule has 2 fully saturated rings. The zero-order valence-electron chi connectivity index (χ0n) is 13.4. The molecule has 0 aliphatic carbocycles. The number of nitrogens with zero attached hydrogens (tertiary/aromatic N) is 2. The van der Waals surface area contributed by atoms with Gasteiger partial charge in [-0.15, -0.1) is 23.5 Å². The number of hydrogen-bond donors (Lipinski definition) is 0. The quantitative estimate of drug-likeness (QED) is 0.740. The van der Waals surface area contributed by atoms with Gasteiger partial charge in [-0.1, -0.05) is 12.1 Å². The molecule has 0 saturated carbocycles. The first kappa shape index (κ1) is 16.7. The fourth-order valence-electron chi connectivity index (χ4n) is 3.11. The molecule has 2 aliphatic rings. The summed E-state index contributed by atoms with van der Waals surface area (Å²) in [4.78, 5) is 29.0. The highest BCUT2D eigenvalue weighted by atomic mass is 32.2. The minimum Gasteiger partial charge on any atom is -0.343 e. The van der Waals surface area contributed by atoms with Crippen LogP contribution in [0.1, 0.15) is 30.2 Å². The molecule has 1 unspecified atom stereocenters. The topological polar surface area (TPSA) is 40.6 Å². The van der Waals surface area contributed by atoms with E-state index >= 15 is 0 Å². The van der Waals surface area contributed by atoms with Gasteiger partial charge in [0, 0.05) is 31.0 Å². The first-order valence-corrected chi connectivity index (χ1v) is 10.3. The van der Waals surface area contributed by atoms with E-state index in [9.17, 15) is 9.59 Å². The summed E-state index contributed by atoms with van der Waals surface area (Å²) in [6, 6.07) is 8.48. The van der Waals surface area contributed by atoms with E-state index in [4.69, 9.17) is 0 Å². The second-order valence-electron chi connectivity index (χ2n) is 5.86. The normalized spacial score (nSPS) is 21.5. The Balaban J connectivity index is 1.59. The Morgan fingerprint density at radius 2 is 1.96 bits per heavy atom. The van der Waals surface area contributed by atoms with Gasteiger partial charge in [0.05, 0.1) is 5.75 Å². The van der Waals surface area contributed by atoms with E-state index in [0.29, 0.717) is 12.2 Å². The summed E-state index contributed by atoms with van der Waals surface area (Å²) >= 11 is 3.42. The van der Waals surface area contributed by atoms with Crippen LogP contribution >= 0.6 is 23.5 Å². The van der Waals surface area contributed by atoms with Gasteiger partial charge in [0.1, 0.15) is 5.37 Å². The molecule has 2 heterocycles. The molecule has 3 rings (SSSR count). The minimum atomic E-state index is 0.118. The molecule has 124 valence electrons. The van der Waals surface area contributed by atoms with Gasteiger partial charge >= 0.3 is 0 Å². The van der Waals surface area contributed by atoms with Crippen molar-refractivity contribution in [1.29, 1.82) is 0 Å². The van der Waals surface area contributed by atoms with Gasteiger partial charge in [0.25, 0.3) is 0 Å². The summed E-state index contributed by atoms with van der Waals surface area (Å²) < 4.78 is 0. The summed E-state index contributed by atoms with van der Waals surface area (Å²) in [5.41, 5.74) is 1.19. The zero-order chi connectivity index (χ0) is 16.2. The Bertz CT molecular complexity index is 576. The lowest BCUT2D eigenvalue weighted by atomic mass is 10.2. The van der Waals surface area contributed by atoms with Gasteiger partial charge in [-0.3, -0.25) is 9.59 Å². The number of hydrogen-bond acceptors (Lipinski definition) is 4. The van der Waals surface area contributed by atoms with Crippen molar-refractivity contribution in [3.05, 3.63) is 29.8 Å². The van der Waals surface area contributed by atoms with Crippen LogP contribution < -0.4 is 0 Å². The van der Waals surface area contributed by atoms with Crippen molar-refractivity contribution in [2.75, 3.05) is 31.6 Å². The maximum Gasteiger partial charge on any atom is 0.233 e. The van der Waals surface area contributed by atoms with E-state index in [1.165, 1.54) is 10.5 Å². The summed E-state index contributed by atoms with van der Waals surface area (Å²) in [6.07, 6.45) is 4.58.